The first kappa shape index (κ1) is 20.6. The van der Waals surface area contributed by atoms with Crippen molar-refractivity contribution in [1.29, 1.82) is 0 Å². The molecule has 0 heterocycles. The molecule has 4 rings (SSSR count). The molecule has 0 saturated heterocycles. The van der Waals surface area contributed by atoms with E-state index in [4.69, 9.17) is 0 Å². The van der Waals surface area contributed by atoms with Crippen LogP contribution >= 0.6 is 0 Å². The van der Waals surface area contributed by atoms with Crippen molar-refractivity contribution in [3.05, 3.63) is 59.2 Å². The van der Waals surface area contributed by atoms with Gasteiger partial charge in [0.1, 0.15) is 11.6 Å². The fraction of sp³-hybridized carbons (Fsp3) is 0.556. The first-order chi connectivity index (χ1) is 14.1. The standard InChI is InChI=1S/C27H34F2/c1-3-5-6-7-19-10-12-23-16-24(26(28)17-25(23)27(19)29)22-13-11-20-14-18(4-2)8-9-21(20)15-22/h3,5,10,12,16-18,20-22H,4,6-9,11,13-15H2,1-2H3/b5-3+/t18?,20-,21?,22-/m1/s1. The van der Waals surface area contributed by atoms with Crippen LogP contribution in [-0.2, 0) is 6.42 Å². The average Bonchev–Trinajstić information content (AvgIpc) is 2.75. The Bertz CT molecular complexity index is 882. The van der Waals surface area contributed by atoms with Crippen molar-refractivity contribution in [1.82, 2.24) is 0 Å². The van der Waals surface area contributed by atoms with Crippen molar-refractivity contribution in [3.63, 3.8) is 0 Å². The third-order valence-electron chi connectivity index (χ3n) is 7.71. The Morgan fingerprint density at radius 2 is 1.79 bits per heavy atom. The summed E-state index contributed by atoms with van der Waals surface area (Å²) < 4.78 is 30.0. The van der Waals surface area contributed by atoms with Gasteiger partial charge < -0.3 is 0 Å². The summed E-state index contributed by atoms with van der Waals surface area (Å²) in [5, 5.41) is 1.27. The molecule has 2 fully saturated rings. The zero-order valence-electron chi connectivity index (χ0n) is 17.9. The summed E-state index contributed by atoms with van der Waals surface area (Å²) in [6.07, 6.45) is 14.2. The quantitative estimate of drug-likeness (QED) is 0.446. The molecule has 0 aliphatic heterocycles. The van der Waals surface area contributed by atoms with E-state index in [0.717, 1.165) is 48.0 Å². The third-order valence-corrected chi connectivity index (χ3v) is 7.71. The fourth-order valence-electron chi connectivity index (χ4n) is 5.92. The van der Waals surface area contributed by atoms with Gasteiger partial charge >= 0.3 is 0 Å². The normalized spacial score (nSPS) is 27.4. The van der Waals surface area contributed by atoms with Crippen LogP contribution in [0.3, 0.4) is 0 Å². The number of fused-ring (bicyclic) bond motifs is 2. The van der Waals surface area contributed by atoms with Gasteiger partial charge in [0.15, 0.2) is 0 Å². The predicted molar refractivity (Wildman–Crippen MR) is 118 cm³/mol. The summed E-state index contributed by atoms with van der Waals surface area (Å²) in [5.41, 5.74) is 1.49. The van der Waals surface area contributed by atoms with Gasteiger partial charge in [0.2, 0.25) is 0 Å². The molecule has 0 radical (unpaired) electrons. The largest absolute Gasteiger partial charge is 0.207 e. The minimum atomic E-state index is -0.251. The van der Waals surface area contributed by atoms with Gasteiger partial charge in [-0.15, -0.1) is 0 Å². The minimum Gasteiger partial charge on any atom is -0.207 e. The van der Waals surface area contributed by atoms with Crippen LogP contribution in [0.1, 0.15) is 82.3 Å². The molecule has 0 nitrogen and oxygen atoms in total. The van der Waals surface area contributed by atoms with Gasteiger partial charge in [-0.3, -0.25) is 0 Å². The van der Waals surface area contributed by atoms with Gasteiger partial charge in [0, 0.05) is 5.39 Å². The summed E-state index contributed by atoms with van der Waals surface area (Å²) in [4.78, 5) is 0. The summed E-state index contributed by atoms with van der Waals surface area (Å²) in [6, 6.07) is 7.25. The lowest BCUT2D eigenvalue weighted by atomic mass is 9.63. The highest BCUT2D eigenvalue weighted by atomic mass is 19.1. The smallest absolute Gasteiger partial charge is 0.134 e. The van der Waals surface area contributed by atoms with Gasteiger partial charge in [-0.1, -0.05) is 44.1 Å². The maximum Gasteiger partial charge on any atom is 0.134 e. The second-order valence-electron chi connectivity index (χ2n) is 9.36. The number of hydrogen-bond acceptors (Lipinski definition) is 0. The fourth-order valence-corrected chi connectivity index (χ4v) is 5.92. The van der Waals surface area contributed by atoms with Crippen molar-refractivity contribution in [2.45, 2.75) is 77.6 Å². The lowest BCUT2D eigenvalue weighted by molar-refractivity contribution is 0.115. The maximum absolute atomic E-state index is 15.1. The molecule has 2 heteroatoms. The molecule has 2 saturated carbocycles. The van der Waals surface area contributed by atoms with Crippen LogP contribution < -0.4 is 0 Å². The van der Waals surface area contributed by atoms with E-state index in [2.05, 4.69) is 6.92 Å². The summed E-state index contributed by atoms with van der Waals surface area (Å²) >= 11 is 0. The zero-order chi connectivity index (χ0) is 20.4. The summed E-state index contributed by atoms with van der Waals surface area (Å²) in [6.45, 7) is 4.28. The lowest BCUT2D eigenvalue weighted by Gasteiger charge is -2.42. The van der Waals surface area contributed by atoms with Crippen molar-refractivity contribution in [3.8, 4) is 0 Å². The Morgan fingerprint density at radius 3 is 2.59 bits per heavy atom. The monoisotopic (exact) mass is 396 g/mol. The van der Waals surface area contributed by atoms with E-state index in [9.17, 15) is 4.39 Å². The van der Waals surface area contributed by atoms with E-state index in [1.807, 2.05) is 37.3 Å². The topological polar surface area (TPSA) is 0 Å². The Kier molecular flexibility index (Phi) is 6.37. The number of benzene rings is 2. The van der Waals surface area contributed by atoms with Gasteiger partial charge in [-0.2, -0.15) is 0 Å². The van der Waals surface area contributed by atoms with Crippen LogP contribution in [0.5, 0.6) is 0 Å². The molecule has 0 N–H and O–H groups in total. The van der Waals surface area contributed by atoms with E-state index in [1.54, 1.807) is 0 Å². The van der Waals surface area contributed by atoms with Crippen molar-refractivity contribution in [2.75, 3.05) is 0 Å². The molecule has 2 aromatic carbocycles. The van der Waals surface area contributed by atoms with Gasteiger partial charge in [0.05, 0.1) is 0 Å². The Balaban J connectivity index is 1.55. The van der Waals surface area contributed by atoms with Crippen molar-refractivity contribution >= 4 is 10.8 Å². The van der Waals surface area contributed by atoms with Crippen molar-refractivity contribution < 1.29 is 8.78 Å². The third kappa shape index (κ3) is 4.27. The minimum absolute atomic E-state index is 0.215. The second-order valence-corrected chi connectivity index (χ2v) is 9.36. The highest BCUT2D eigenvalue weighted by Crippen LogP contribution is 2.48. The molecular weight excluding hydrogens is 362 g/mol. The van der Waals surface area contributed by atoms with Gasteiger partial charge in [-0.05, 0) is 104 Å². The second kappa shape index (κ2) is 8.98. The number of aryl methyl sites for hydroxylation is 1. The molecule has 2 aliphatic carbocycles. The van der Waals surface area contributed by atoms with E-state index in [1.165, 1.54) is 38.2 Å². The van der Waals surface area contributed by atoms with Crippen LogP contribution in [0.25, 0.3) is 10.8 Å². The van der Waals surface area contributed by atoms with Crippen LogP contribution in [0.2, 0.25) is 0 Å². The SMILES string of the molecule is C/C=C/CCc1ccc2cc([C@@H]3CC[C@@H]4CC(CC)CCC4C3)c(F)cc2c1F. The highest BCUT2D eigenvalue weighted by molar-refractivity contribution is 5.85. The molecule has 4 atom stereocenters. The molecule has 0 aromatic heterocycles. The average molecular weight is 397 g/mol. The zero-order valence-corrected chi connectivity index (χ0v) is 17.9. The molecular formula is C27H34F2. The molecule has 2 aromatic rings. The lowest BCUT2D eigenvalue weighted by Crippen LogP contribution is -2.30. The number of rotatable bonds is 5. The molecule has 2 aliphatic rings. The maximum atomic E-state index is 15.1. The summed E-state index contributed by atoms with van der Waals surface area (Å²) in [5.74, 6) is 2.31. The Labute approximate surface area is 174 Å². The van der Waals surface area contributed by atoms with Gasteiger partial charge in [-0.25, -0.2) is 8.78 Å². The Morgan fingerprint density at radius 1 is 1.00 bits per heavy atom. The molecule has 2 unspecified atom stereocenters. The first-order valence-electron chi connectivity index (χ1n) is 11.6. The van der Waals surface area contributed by atoms with Crippen LogP contribution in [0.4, 0.5) is 8.78 Å². The van der Waals surface area contributed by atoms with E-state index in [-0.39, 0.29) is 17.6 Å². The first-order valence-corrected chi connectivity index (χ1v) is 11.6. The molecule has 0 spiro atoms. The highest BCUT2D eigenvalue weighted by Gasteiger charge is 2.36. The van der Waals surface area contributed by atoms with Crippen LogP contribution in [0, 0.1) is 29.4 Å². The van der Waals surface area contributed by atoms with Gasteiger partial charge in [0.25, 0.3) is 0 Å². The molecule has 156 valence electrons. The van der Waals surface area contributed by atoms with Crippen LogP contribution in [-0.4, -0.2) is 0 Å². The van der Waals surface area contributed by atoms with Crippen molar-refractivity contribution in [2.24, 2.45) is 17.8 Å². The molecule has 0 bridgehead atoms. The molecule has 29 heavy (non-hydrogen) atoms. The predicted octanol–water partition coefficient (Wildman–Crippen LogP) is 8.34. The van der Waals surface area contributed by atoms with E-state index < -0.39 is 0 Å². The van der Waals surface area contributed by atoms with Crippen LogP contribution in [0.15, 0.2) is 36.4 Å². The van der Waals surface area contributed by atoms with E-state index in [0.29, 0.717) is 17.4 Å². The number of allylic oxidation sites excluding steroid dienone is 2. The van der Waals surface area contributed by atoms with E-state index >= 15 is 4.39 Å². The number of halogens is 2. The Hall–Kier alpha value is -1.70. The molecule has 0 amide bonds. The summed E-state index contributed by atoms with van der Waals surface area (Å²) in [7, 11) is 0. The number of hydrogen-bond donors (Lipinski definition) is 0.